The summed E-state index contributed by atoms with van der Waals surface area (Å²) < 4.78 is 0. The maximum atomic E-state index is 12.3. The lowest BCUT2D eigenvalue weighted by Crippen LogP contribution is -2.52. The zero-order chi connectivity index (χ0) is 20.7. The van der Waals surface area contributed by atoms with Gasteiger partial charge in [-0.3, -0.25) is 19.2 Å². The molecule has 0 rings (SSSR count). The predicted molar refractivity (Wildman–Crippen MR) is 99.4 cm³/mol. The molecule has 0 spiro atoms. The number of carboxylic acid groups (broad SMARTS) is 1. The summed E-state index contributed by atoms with van der Waals surface area (Å²) in [6.45, 7) is 0.0435. The minimum Gasteiger partial charge on any atom is -0.480 e. The summed E-state index contributed by atoms with van der Waals surface area (Å²) in [5.74, 6) is -2.82. The van der Waals surface area contributed by atoms with E-state index in [0.29, 0.717) is 45.2 Å². The Morgan fingerprint density at radius 3 is 1.96 bits per heavy atom. The Morgan fingerprint density at radius 2 is 1.41 bits per heavy atom. The SMILES string of the molecule is NCCCC[C@H](NC(=O)[C@@H](N)CCCCN)C(=O)NCC(=O)NCC(=O)O. The Kier molecular flexibility index (Phi) is 13.6. The van der Waals surface area contributed by atoms with Crippen molar-refractivity contribution < 1.29 is 24.3 Å². The lowest BCUT2D eigenvalue weighted by Gasteiger charge is -2.20. The molecule has 11 heteroatoms. The molecule has 0 saturated heterocycles. The van der Waals surface area contributed by atoms with E-state index in [2.05, 4.69) is 16.0 Å². The zero-order valence-corrected chi connectivity index (χ0v) is 15.5. The first-order chi connectivity index (χ1) is 12.8. The standard InChI is InChI=1S/C16H32N6O5/c17-7-3-1-5-11(19)15(26)22-12(6-2-4-8-18)16(27)21-9-13(23)20-10-14(24)25/h11-12H,1-10,17-19H2,(H,20,23)(H,21,27)(H,22,26)(H,24,25)/t11-,12-/m0/s1. The Hall–Kier alpha value is -2.24. The molecule has 10 N–H and O–H groups in total. The second kappa shape index (κ2) is 14.9. The van der Waals surface area contributed by atoms with E-state index in [0.717, 1.165) is 6.42 Å². The van der Waals surface area contributed by atoms with Crippen molar-refractivity contribution in [1.29, 1.82) is 0 Å². The molecule has 3 amide bonds. The van der Waals surface area contributed by atoms with E-state index in [1.54, 1.807) is 0 Å². The first-order valence-corrected chi connectivity index (χ1v) is 9.04. The average Bonchev–Trinajstić information content (AvgIpc) is 2.63. The number of nitrogens with one attached hydrogen (secondary N) is 3. The number of unbranched alkanes of at least 4 members (excludes halogenated alkanes) is 2. The molecule has 0 aliphatic heterocycles. The van der Waals surface area contributed by atoms with E-state index in [4.69, 9.17) is 22.3 Å². The minimum atomic E-state index is -1.19. The van der Waals surface area contributed by atoms with Gasteiger partial charge < -0.3 is 38.3 Å². The van der Waals surface area contributed by atoms with Crippen LogP contribution in [0.1, 0.15) is 38.5 Å². The van der Waals surface area contributed by atoms with Crippen LogP contribution in [0.25, 0.3) is 0 Å². The number of nitrogens with two attached hydrogens (primary N) is 3. The molecule has 0 aromatic carbocycles. The summed E-state index contributed by atoms with van der Waals surface area (Å²) in [7, 11) is 0. The molecule has 0 aromatic heterocycles. The van der Waals surface area contributed by atoms with Gasteiger partial charge in [-0.05, 0) is 45.2 Å². The Labute approximate surface area is 158 Å². The van der Waals surface area contributed by atoms with E-state index >= 15 is 0 Å². The topological polar surface area (TPSA) is 203 Å². The van der Waals surface area contributed by atoms with Crippen LogP contribution in [-0.4, -0.2) is 67.1 Å². The summed E-state index contributed by atoms with van der Waals surface area (Å²) in [5.41, 5.74) is 16.7. The van der Waals surface area contributed by atoms with Gasteiger partial charge in [0.15, 0.2) is 0 Å². The molecule has 0 aliphatic rings. The number of amides is 3. The molecule has 2 atom stereocenters. The van der Waals surface area contributed by atoms with Crippen LogP contribution in [0.15, 0.2) is 0 Å². The van der Waals surface area contributed by atoms with Crippen LogP contribution >= 0.6 is 0 Å². The molecule has 156 valence electrons. The average molecular weight is 388 g/mol. The Balaban J connectivity index is 4.58. The van der Waals surface area contributed by atoms with E-state index < -0.39 is 48.9 Å². The highest BCUT2D eigenvalue weighted by atomic mass is 16.4. The molecule has 0 fully saturated rings. The maximum Gasteiger partial charge on any atom is 0.322 e. The smallest absolute Gasteiger partial charge is 0.322 e. The number of carbonyl (C=O) groups is 4. The highest BCUT2D eigenvalue weighted by Gasteiger charge is 2.23. The van der Waals surface area contributed by atoms with Gasteiger partial charge in [0, 0.05) is 0 Å². The molecule has 0 aliphatic carbocycles. The van der Waals surface area contributed by atoms with Crippen molar-refractivity contribution in [2.45, 2.75) is 50.6 Å². The van der Waals surface area contributed by atoms with Crippen LogP contribution in [-0.2, 0) is 19.2 Å². The third-order valence-corrected chi connectivity index (χ3v) is 3.75. The summed E-state index contributed by atoms with van der Waals surface area (Å²) in [4.78, 5) is 46.4. The van der Waals surface area contributed by atoms with Gasteiger partial charge in [-0.25, -0.2) is 0 Å². The van der Waals surface area contributed by atoms with Crippen molar-refractivity contribution in [3.05, 3.63) is 0 Å². The number of carbonyl (C=O) groups excluding carboxylic acids is 3. The van der Waals surface area contributed by atoms with Gasteiger partial charge in [0.2, 0.25) is 17.7 Å². The lowest BCUT2D eigenvalue weighted by molar-refractivity contribution is -0.138. The van der Waals surface area contributed by atoms with Crippen molar-refractivity contribution in [2.75, 3.05) is 26.2 Å². The molecule has 0 saturated carbocycles. The fourth-order valence-corrected chi connectivity index (χ4v) is 2.21. The molecule has 0 heterocycles. The van der Waals surface area contributed by atoms with E-state index in [1.165, 1.54) is 0 Å². The maximum absolute atomic E-state index is 12.3. The number of rotatable bonds is 15. The molecule has 0 aromatic rings. The summed E-state index contributed by atoms with van der Waals surface area (Å²) in [6, 6.07) is -1.60. The monoisotopic (exact) mass is 388 g/mol. The van der Waals surface area contributed by atoms with Crippen LogP contribution in [0.2, 0.25) is 0 Å². The second-order valence-electron chi connectivity index (χ2n) is 6.12. The Bertz CT molecular complexity index is 488. The quantitative estimate of drug-likeness (QED) is 0.147. The molecule has 11 nitrogen and oxygen atoms in total. The fraction of sp³-hybridized carbons (Fsp3) is 0.750. The molecule has 0 unspecified atom stereocenters. The summed E-state index contributed by atoms with van der Waals surface area (Å²) in [6.07, 6.45) is 3.56. The molecule has 0 bridgehead atoms. The Morgan fingerprint density at radius 1 is 0.815 bits per heavy atom. The van der Waals surface area contributed by atoms with E-state index in [-0.39, 0.29) is 0 Å². The summed E-state index contributed by atoms with van der Waals surface area (Å²) in [5, 5.41) is 15.6. The van der Waals surface area contributed by atoms with Crippen LogP contribution in [0, 0.1) is 0 Å². The van der Waals surface area contributed by atoms with Gasteiger partial charge in [0.1, 0.15) is 12.6 Å². The van der Waals surface area contributed by atoms with Crippen molar-refractivity contribution in [1.82, 2.24) is 16.0 Å². The zero-order valence-electron chi connectivity index (χ0n) is 15.5. The van der Waals surface area contributed by atoms with Crippen molar-refractivity contribution in [3.63, 3.8) is 0 Å². The van der Waals surface area contributed by atoms with E-state index in [1.807, 2.05) is 0 Å². The van der Waals surface area contributed by atoms with Gasteiger partial charge in [0.25, 0.3) is 0 Å². The molecular weight excluding hydrogens is 356 g/mol. The van der Waals surface area contributed by atoms with Gasteiger partial charge in [-0.1, -0.05) is 6.42 Å². The van der Waals surface area contributed by atoms with Crippen molar-refractivity contribution >= 4 is 23.7 Å². The van der Waals surface area contributed by atoms with Crippen molar-refractivity contribution in [2.24, 2.45) is 17.2 Å². The number of hydrogen-bond donors (Lipinski definition) is 7. The van der Waals surface area contributed by atoms with Gasteiger partial charge >= 0.3 is 5.97 Å². The van der Waals surface area contributed by atoms with E-state index in [9.17, 15) is 19.2 Å². The second-order valence-corrected chi connectivity index (χ2v) is 6.12. The highest BCUT2D eigenvalue weighted by Crippen LogP contribution is 2.03. The van der Waals surface area contributed by atoms with Gasteiger partial charge in [-0.2, -0.15) is 0 Å². The van der Waals surface area contributed by atoms with Crippen LogP contribution < -0.4 is 33.2 Å². The molecule has 27 heavy (non-hydrogen) atoms. The van der Waals surface area contributed by atoms with Crippen LogP contribution in [0.4, 0.5) is 0 Å². The summed E-state index contributed by atoms with van der Waals surface area (Å²) >= 11 is 0. The lowest BCUT2D eigenvalue weighted by atomic mass is 10.1. The first kappa shape index (κ1) is 24.8. The number of hydrogen-bond acceptors (Lipinski definition) is 7. The minimum absolute atomic E-state index is 0.348. The third-order valence-electron chi connectivity index (χ3n) is 3.75. The van der Waals surface area contributed by atoms with Gasteiger partial charge in [-0.15, -0.1) is 0 Å². The van der Waals surface area contributed by atoms with Crippen LogP contribution in [0.5, 0.6) is 0 Å². The highest BCUT2D eigenvalue weighted by molar-refractivity contribution is 5.92. The molecule has 0 radical (unpaired) electrons. The third kappa shape index (κ3) is 12.7. The van der Waals surface area contributed by atoms with Gasteiger partial charge in [0.05, 0.1) is 12.6 Å². The number of carboxylic acids is 1. The van der Waals surface area contributed by atoms with Crippen molar-refractivity contribution in [3.8, 4) is 0 Å². The fourth-order valence-electron chi connectivity index (χ4n) is 2.21. The normalized spacial score (nSPS) is 12.7. The first-order valence-electron chi connectivity index (χ1n) is 9.04. The predicted octanol–water partition coefficient (Wildman–Crippen LogP) is -2.63. The van der Waals surface area contributed by atoms with Crippen LogP contribution in [0.3, 0.4) is 0 Å². The molecular formula is C16H32N6O5. The number of aliphatic carboxylic acids is 1. The largest absolute Gasteiger partial charge is 0.480 e.